The van der Waals surface area contributed by atoms with Crippen molar-refractivity contribution in [2.75, 3.05) is 18.0 Å². The van der Waals surface area contributed by atoms with E-state index in [0.29, 0.717) is 13.0 Å². The fraction of sp³-hybridized carbons (Fsp3) is 0.500. The molecule has 1 aromatic heterocycles. The molecule has 2 rings (SSSR count). The quantitative estimate of drug-likeness (QED) is 0.773. The highest BCUT2D eigenvalue weighted by Gasteiger charge is 2.28. The molecule has 1 aliphatic rings. The number of aryl methyl sites for hydroxylation is 1. The minimum absolute atomic E-state index is 0.264. The van der Waals surface area contributed by atoms with Crippen molar-refractivity contribution < 1.29 is 9.90 Å². The van der Waals surface area contributed by atoms with Crippen LogP contribution in [0, 0.1) is 12.8 Å². The molecule has 1 saturated heterocycles. The molecule has 1 aromatic rings. The molecular weight excluding hydrogens is 194 g/mol. The summed E-state index contributed by atoms with van der Waals surface area (Å²) in [6, 6.07) is 1.88. The van der Waals surface area contributed by atoms with Gasteiger partial charge in [-0.15, -0.1) is 0 Å². The molecule has 2 heterocycles. The first-order chi connectivity index (χ1) is 7.16. The Labute approximate surface area is 87.8 Å². The molecule has 5 nitrogen and oxygen atoms in total. The maximum Gasteiger partial charge on any atom is 0.308 e. The van der Waals surface area contributed by atoms with Gasteiger partial charge in [0.05, 0.1) is 5.92 Å². The van der Waals surface area contributed by atoms with Crippen molar-refractivity contribution >= 4 is 11.8 Å². The molecule has 0 saturated carbocycles. The van der Waals surface area contributed by atoms with Crippen molar-refractivity contribution in [3.63, 3.8) is 0 Å². The lowest BCUT2D eigenvalue weighted by molar-refractivity contribution is -0.140. The van der Waals surface area contributed by atoms with Gasteiger partial charge in [-0.1, -0.05) is 0 Å². The van der Waals surface area contributed by atoms with Crippen molar-refractivity contribution in [2.45, 2.75) is 13.3 Å². The fourth-order valence-corrected chi connectivity index (χ4v) is 1.78. The van der Waals surface area contributed by atoms with E-state index >= 15 is 0 Å². The van der Waals surface area contributed by atoms with Crippen LogP contribution in [-0.4, -0.2) is 34.1 Å². The van der Waals surface area contributed by atoms with Gasteiger partial charge in [0, 0.05) is 24.8 Å². The van der Waals surface area contributed by atoms with Crippen LogP contribution in [-0.2, 0) is 4.79 Å². The lowest BCUT2D eigenvalue weighted by atomic mass is 10.1. The molecule has 0 unspecified atom stereocenters. The third-order valence-electron chi connectivity index (χ3n) is 2.65. The lowest BCUT2D eigenvalue weighted by Gasteiger charge is -2.16. The largest absolute Gasteiger partial charge is 0.481 e. The molecule has 0 bridgehead atoms. The second kappa shape index (κ2) is 3.84. The number of carboxylic acids is 1. The van der Waals surface area contributed by atoms with E-state index in [4.69, 9.17) is 5.11 Å². The number of hydrogen-bond donors (Lipinski definition) is 1. The van der Waals surface area contributed by atoms with Gasteiger partial charge >= 0.3 is 5.97 Å². The minimum Gasteiger partial charge on any atom is -0.481 e. The average Bonchev–Trinajstić information content (AvgIpc) is 2.66. The van der Waals surface area contributed by atoms with Gasteiger partial charge in [0.2, 0.25) is 0 Å². The van der Waals surface area contributed by atoms with Gasteiger partial charge in [-0.3, -0.25) is 4.79 Å². The van der Waals surface area contributed by atoms with E-state index in [9.17, 15) is 4.79 Å². The lowest BCUT2D eigenvalue weighted by Crippen LogP contribution is -2.23. The number of aromatic nitrogens is 2. The van der Waals surface area contributed by atoms with Gasteiger partial charge < -0.3 is 10.0 Å². The van der Waals surface area contributed by atoms with Crippen LogP contribution in [0.4, 0.5) is 5.82 Å². The normalized spacial score (nSPS) is 20.6. The monoisotopic (exact) mass is 207 g/mol. The van der Waals surface area contributed by atoms with E-state index in [2.05, 4.69) is 9.97 Å². The SMILES string of the molecule is Cc1cc(N2CC[C@H](C(=O)O)C2)ncn1. The number of carboxylic acid groups (broad SMARTS) is 1. The number of carbonyl (C=O) groups is 1. The Hall–Kier alpha value is -1.65. The van der Waals surface area contributed by atoms with Crippen LogP contribution in [0.25, 0.3) is 0 Å². The minimum atomic E-state index is -0.719. The standard InChI is InChI=1S/C10H13N3O2/c1-7-4-9(12-6-11-7)13-3-2-8(5-13)10(14)15/h4,6,8H,2-3,5H2,1H3,(H,14,15)/t8-/m0/s1. The Morgan fingerprint density at radius 1 is 1.60 bits per heavy atom. The summed E-state index contributed by atoms with van der Waals surface area (Å²) in [7, 11) is 0. The van der Waals surface area contributed by atoms with Crippen LogP contribution in [0.2, 0.25) is 0 Å². The molecule has 5 heteroatoms. The molecule has 1 N–H and O–H groups in total. The molecule has 0 spiro atoms. The summed E-state index contributed by atoms with van der Waals surface area (Å²) >= 11 is 0. The molecular formula is C10H13N3O2. The maximum atomic E-state index is 10.8. The smallest absolute Gasteiger partial charge is 0.308 e. The summed E-state index contributed by atoms with van der Waals surface area (Å²) < 4.78 is 0. The third kappa shape index (κ3) is 2.06. The van der Waals surface area contributed by atoms with Crippen LogP contribution >= 0.6 is 0 Å². The van der Waals surface area contributed by atoms with Gasteiger partial charge in [-0.25, -0.2) is 9.97 Å². The van der Waals surface area contributed by atoms with E-state index in [1.54, 1.807) is 0 Å². The van der Waals surface area contributed by atoms with Crippen LogP contribution in [0.15, 0.2) is 12.4 Å². The zero-order chi connectivity index (χ0) is 10.8. The van der Waals surface area contributed by atoms with Crippen molar-refractivity contribution in [3.05, 3.63) is 18.1 Å². The highest BCUT2D eigenvalue weighted by molar-refractivity contribution is 5.71. The molecule has 0 amide bonds. The van der Waals surface area contributed by atoms with Crippen molar-refractivity contribution in [1.82, 2.24) is 9.97 Å². The van der Waals surface area contributed by atoms with Gasteiger partial charge in [0.25, 0.3) is 0 Å². The number of aliphatic carboxylic acids is 1. The van der Waals surface area contributed by atoms with Gasteiger partial charge in [0.1, 0.15) is 12.1 Å². The zero-order valence-corrected chi connectivity index (χ0v) is 8.55. The summed E-state index contributed by atoms with van der Waals surface area (Å²) in [5.74, 6) is -0.158. The van der Waals surface area contributed by atoms with Gasteiger partial charge in [-0.2, -0.15) is 0 Å². The zero-order valence-electron chi connectivity index (χ0n) is 8.55. The topological polar surface area (TPSA) is 66.3 Å². The van der Waals surface area contributed by atoms with Crippen LogP contribution in [0.5, 0.6) is 0 Å². The first kappa shape index (κ1) is 9.89. The van der Waals surface area contributed by atoms with Crippen molar-refractivity contribution in [3.8, 4) is 0 Å². The second-order valence-electron chi connectivity index (χ2n) is 3.79. The van der Waals surface area contributed by atoms with Crippen LogP contribution < -0.4 is 4.90 Å². The van der Waals surface area contributed by atoms with Gasteiger partial charge in [0.15, 0.2) is 0 Å². The van der Waals surface area contributed by atoms with E-state index in [0.717, 1.165) is 18.1 Å². The summed E-state index contributed by atoms with van der Waals surface area (Å²) in [6.45, 7) is 3.20. The van der Waals surface area contributed by atoms with Crippen molar-refractivity contribution in [1.29, 1.82) is 0 Å². The number of rotatable bonds is 2. The Kier molecular flexibility index (Phi) is 2.53. The third-order valence-corrected chi connectivity index (χ3v) is 2.65. The predicted octanol–water partition coefficient (Wildman–Crippen LogP) is 0.696. The summed E-state index contributed by atoms with van der Waals surface area (Å²) in [5.41, 5.74) is 0.902. The molecule has 0 aromatic carbocycles. The summed E-state index contributed by atoms with van der Waals surface area (Å²) in [5, 5.41) is 8.87. The molecule has 1 atom stereocenters. The molecule has 0 radical (unpaired) electrons. The Bertz CT molecular complexity index is 381. The van der Waals surface area contributed by atoms with E-state index in [1.807, 2.05) is 17.9 Å². The molecule has 0 aliphatic carbocycles. The Morgan fingerprint density at radius 2 is 2.40 bits per heavy atom. The van der Waals surface area contributed by atoms with E-state index < -0.39 is 5.97 Å². The molecule has 1 fully saturated rings. The Balaban J connectivity index is 2.11. The molecule has 80 valence electrons. The first-order valence-corrected chi connectivity index (χ1v) is 4.93. The second-order valence-corrected chi connectivity index (χ2v) is 3.79. The highest BCUT2D eigenvalue weighted by Crippen LogP contribution is 2.21. The first-order valence-electron chi connectivity index (χ1n) is 4.93. The van der Waals surface area contributed by atoms with Gasteiger partial charge in [-0.05, 0) is 13.3 Å². The van der Waals surface area contributed by atoms with E-state index in [-0.39, 0.29) is 5.92 Å². The molecule has 1 aliphatic heterocycles. The average molecular weight is 207 g/mol. The van der Waals surface area contributed by atoms with Crippen LogP contribution in [0.1, 0.15) is 12.1 Å². The number of nitrogens with zero attached hydrogens (tertiary/aromatic N) is 3. The summed E-state index contributed by atoms with van der Waals surface area (Å²) in [6.07, 6.45) is 2.21. The summed E-state index contributed by atoms with van der Waals surface area (Å²) in [4.78, 5) is 20.9. The van der Waals surface area contributed by atoms with Crippen LogP contribution in [0.3, 0.4) is 0 Å². The maximum absolute atomic E-state index is 10.8. The molecule has 15 heavy (non-hydrogen) atoms. The number of anilines is 1. The fourth-order valence-electron chi connectivity index (χ4n) is 1.78. The Morgan fingerprint density at radius 3 is 3.00 bits per heavy atom. The predicted molar refractivity (Wildman–Crippen MR) is 54.7 cm³/mol. The van der Waals surface area contributed by atoms with E-state index in [1.165, 1.54) is 6.33 Å². The highest BCUT2D eigenvalue weighted by atomic mass is 16.4. The number of hydrogen-bond acceptors (Lipinski definition) is 4. The van der Waals surface area contributed by atoms with Crippen molar-refractivity contribution in [2.24, 2.45) is 5.92 Å².